The summed E-state index contributed by atoms with van der Waals surface area (Å²) in [7, 11) is 3.78. The van der Waals surface area contributed by atoms with Crippen molar-refractivity contribution in [1.82, 2.24) is 9.88 Å². The van der Waals surface area contributed by atoms with Gasteiger partial charge in [0.1, 0.15) is 11.6 Å². The Morgan fingerprint density at radius 2 is 2.04 bits per heavy atom. The monoisotopic (exact) mass is 327 g/mol. The van der Waals surface area contributed by atoms with Crippen molar-refractivity contribution >= 4 is 11.7 Å². The molecule has 0 spiro atoms. The zero-order valence-electron chi connectivity index (χ0n) is 14.1. The van der Waals surface area contributed by atoms with Crippen LogP contribution < -0.4 is 4.90 Å². The molecule has 1 fully saturated rings. The predicted octanol–water partition coefficient (Wildman–Crippen LogP) is 3.13. The minimum Gasteiger partial charge on any atom is -0.362 e. The number of carbonyl (C=O) groups is 1. The van der Waals surface area contributed by atoms with Crippen molar-refractivity contribution in [3.05, 3.63) is 59.5 Å². The lowest BCUT2D eigenvalue weighted by atomic mass is 10.0. The summed E-state index contributed by atoms with van der Waals surface area (Å²) in [6, 6.07) is 10.3. The van der Waals surface area contributed by atoms with Gasteiger partial charge in [-0.05, 0) is 49.1 Å². The van der Waals surface area contributed by atoms with Crippen LogP contribution >= 0.6 is 0 Å². The Labute approximate surface area is 141 Å². The van der Waals surface area contributed by atoms with E-state index in [2.05, 4.69) is 4.98 Å². The molecule has 3 rings (SSSR count). The Morgan fingerprint density at radius 1 is 1.29 bits per heavy atom. The second kappa shape index (κ2) is 6.99. The van der Waals surface area contributed by atoms with Gasteiger partial charge in [-0.1, -0.05) is 12.1 Å². The molecular formula is C19H22FN3O. The molecule has 2 aromatic rings. The van der Waals surface area contributed by atoms with Gasteiger partial charge >= 0.3 is 0 Å². The first-order chi connectivity index (χ1) is 11.6. The SMILES string of the molecule is CN(C)c1ncccc1C(=O)N1CCCC1Cc1ccc(F)cc1. The largest absolute Gasteiger partial charge is 0.362 e. The molecule has 1 aromatic carbocycles. The average Bonchev–Trinajstić information content (AvgIpc) is 3.04. The van der Waals surface area contributed by atoms with Gasteiger partial charge < -0.3 is 9.80 Å². The molecule has 4 nitrogen and oxygen atoms in total. The maximum atomic E-state index is 13.1. The van der Waals surface area contributed by atoms with Crippen LogP contribution in [0.5, 0.6) is 0 Å². The number of amides is 1. The fourth-order valence-electron chi connectivity index (χ4n) is 3.28. The van der Waals surface area contributed by atoms with Crippen LogP contribution in [0.3, 0.4) is 0 Å². The zero-order chi connectivity index (χ0) is 17.1. The van der Waals surface area contributed by atoms with E-state index < -0.39 is 0 Å². The van der Waals surface area contributed by atoms with E-state index in [4.69, 9.17) is 0 Å². The van der Waals surface area contributed by atoms with E-state index in [1.807, 2.05) is 30.0 Å². The van der Waals surface area contributed by atoms with Crippen LogP contribution in [0.1, 0.15) is 28.8 Å². The van der Waals surface area contributed by atoms with Crippen molar-refractivity contribution in [2.75, 3.05) is 25.5 Å². The van der Waals surface area contributed by atoms with E-state index in [-0.39, 0.29) is 17.8 Å². The fraction of sp³-hybridized carbons (Fsp3) is 0.368. The highest BCUT2D eigenvalue weighted by molar-refractivity contribution is 5.99. The molecular weight excluding hydrogens is 305 g/mol. The smallest absolute Gasteiger partial charge is 0.257 e. The third-order valence-electron chi connectivity index (χ3n) is 4.46. The standard InChI is InChI=1S/C19H22FN3O/c1-22(2)18-17(6-3-11-21-18)19(24)23-12-4-5-16(23)13-14-7-9-15(20)10-8-14/h3,6-11,16H,4-5,12-13H2,1-2H3. The number of rotatable bonds is 4. The Bertz CT molecular complexity index is 715. The van der Waals surface area contributed by atoms with Crippen LogP contribution in [-0.2, 0) is 6.42 Å². The third-order valence-corrected chi connectivity index (χ3v) is 4.46. The molecule has 1 atom stereocenters. The van der Waals surface area contributed by atoms with Gasteiger partial charge in [-0.2, -0.15) is 0 Å². The molecule has 0 bridgehead atoms. The number of hydrogen-bond donors (Lipinski definition) is 0. The van der Waals surface area contributed by atoms with Crippen molar-refractivity contribution in [2.45, 2.75) is 25.3 Å². The quantitative estimate of drug-likeness (QED) is 0.866. The summed E-state index contributed by atoms with van der Waals surface area (Å²) in [6.07, 6.45) is 4.42. The first kappa shape index (κ1) is 16.4. The van der Waals surface area contributed by atoms with Crippen molar-refractivity contribution in [3.63, 3.8) is 0 Å². The predicted molar refractivity (Wildman–Crippen MR) is 92.7 cm³/mol. The summed E-state index contributed by atoms with van der Waals surface area (Å²) >= 11 is 0. The number of benzene rings is 1. The normalized spacial score (nSPS) is 17.1. The molecule has 2 heterocycles. The Balaban J connectivity index is 1.80. The van der Waals surface area contributed by atoms with E-state index in [9.17, 15) is 9.18 Å². The molecule has 0 radical (unpaired) electrons. The second-order valence-electron chi connectivity index (χ2n) is 6.39. The first-order valence-corrected chi connectivity index (χ1v) is 8.24. The van der Waals surface area contributed by atoms with E-state index in [1.165, 1.54) is 12.1 Å². The molecule has 1 saturated heterocycles. The first-order valence-electron chi connectivity index (χ1n) is 8.24. The number of pyridine rings is 1. The molecule has 0 aliphatic carbocycles. The van der Waals surface area contributed by atoms with Gasteiger partial charge in [0.05, 0.1) is 5.56 Å². The summed E-state index contributed by atoms with van der Waals surface area (Å²) < 4.78 is 13.1. The van der Waals surface area contributed by atoms with E-state index >= 15 is 0 Å². The fourth-order valence-corrected chi connectivity index (χ4v) is 3.28. The lowest BCUT2D eigenvalue weighted by molar-refractivity contribution is 0.0737. The van der Waals surface area contributed by atoms with Crippen molar-refractivity contribution in [3.8, 4) is 0 Å². The lowest BCUT2D eigenvalue weighted by Crippen LogP contribution is -2.37. The van der Waals surface area contributed by atoms with Gasteiger partial charge in [0.2, 0.25) is 0 Å². The Hall–Kier alpha value is -2.43. The van der Waals surface area contributed by atoms with Gasteiger partial charge in [-0.25, -0.2) is 9.37 Å². The molecule has 1 amide bonds. The number of carbonyl (C=O) groups excluding carboxylic acids is 1. The van der Waals surface area contributed by atoms with Crippen molar-refractivity contribution in [1.29, 1.82) is 0 Å². The molecule has 5 heteroatoms. The van der Waals surface area contributed by atoms with Crippen LogP contribution in [0.15, 0.2) is 42.6 Å². The topological polar surface area (TPSA) is 36.4 Å². The van der Waals surface area contributed by atoms with E-state index in [1.54, 1.807) is 24.4 Å². The summed E-state index contributed by atoms with van der Waals surface area (Å²) in [5, 5.41) is 0. The van der Waals surface area contributed by atoms with Gasteiger partial charge in [-0.3, -0.25) is 4.79 Å². The highest BCUT2D eigenvalue weighted by Gasteiger charge is 2.31. The number of hydrogen-bond acceptors (Lipinski definition) is 3. The number of anilines is 1. The number of likely N-dealkylation sites (tertiary alicyclic amines) is 1. The molecule has 0 saturated carbocycles. The van der Waals surface area contributed by atoms with Crippen LogP contribution in [-0.4, -0.2) is 42.5 Å². The molecule has 126 valence electrons. The minimum atomic E-state index is -0.232. The average molecular weight is 327 g/mol. The highest BCUT2D eigenvalue weighted by atomic mass is 19.1. The van der Waals surface area contributed by atoms with Gasteiger partial charge in [-0.15, -0.1) is 0 Å². The highest BCUT2D eigenvalue weighted by Crippen LogP contribution is 2.26. The molecule has 1 unspecified atom stereocenters. The maximum absolute atomic E-state index is 13.1. The van der Waals surface area contributed by atoms with Gasteiger partial charge in [0.15, 0.2) is 0 Å². The van der Waals surface area contributed by atoms with Crippen LogP contribution in [0.25, 0.3) is 0 Å². The van der Waals surface area contributed by atoms with Gasteiger partial charge in [0.25, 0.3) is 5.91 Å². The summed E-state index contributed by atoms with van der Waals surface area (Å²) in [4.78, 5) is 21.1. The summed E-state index contributed by atoms with van der Waals surface area (Å²) in [5.41, 5.74) is 1.69. The summed E-state index contributed by atoms with van der Waals surface area (Å²) in [5.74, 6) is 0.482. The number of aromatic nitrogens is 1. The Morgan fingerprint density at radius 3 is 2.75 bits per heavy atom. The maximum Gasteiger partial charge on any atom is 0.257 e. The van der Waals surface area contributed by atoms with Gasteiger partial charge in [0, 0.05) is 32.9 Å². The molecule has 24 heavy (non-hydrogen) atoms. The second-order valence-corrected chi connectivity index (χ2v) is 6.39. The number of halogens is 1. The van der Waals surface area contributed by atoms with Crippen LogP contribution in [0.2, 0.25) is 0 Å². The van der Waals surface area contributed by atoms with Crippen LogP contribution in [0.4, 0.5) is 10.2 Å². The molecule has 1 aromatic heterocycles. The van der Waals surface area contributed by atoms with Crippen molar-refractivity contribution in [2.24, 2.45) is 0 Å². The van der Waals surface area contributed by atoms with Crippen LogP contribution in [0, 0.1) is 5.82 Å². The van der Waals surface area contributed by atoms with E-state index in [0.717, 1.165) is 31.4 Å². The lowest BCUT2D eigenvalue weighted by Gasteiger charge is -2.26. The Kier molecular flexibility index (Phi) is 4.79. The van der Waals surface area contributed by atoms with Crippen molar-refractivity contribution < 1.29 is 9.18 Å². The third kappa shape index (κ3) is 3.40. The molecule has 1 aliphatic heterocycles. The molecule has 1 aliphatic rings. The molecule has 0 N–H and O–H groups in total. The number of nitrogens with zero attached hydrogens (tertiary/aromatic N) is 3. The zero-order valence-corrected chi connectivity index (χ0v) is 14.1. The minimum absolute atomic E-state index is 0.0245. The summed E-state index contributed by atoms with van der Waals surface area (Å²) in [6.45, 7) is 0.756. The van der Waals surface area contributed by atoms with E-state index in [0.29, 0.717) is 11.4 Å².